The third-order valence-corrected chi connectivity index (χ3v) is 6.94. The van der Waals surface area contributed by atoms with E-state index in [0.29, 0.717) is 18.4 Å². The lowest BCUT2D eigenvalue weighted by Gasteiger charge is -2.22. The first-order valence-electron chi connectivity index (χ1n) is 8.45. The molecule has 0 bridgehead atoms. The number of furan rings is 1. The number of ether oxygens (including phenoxy) is 1. The number of carbonyl (C=O) groups excluding carboxylic acids is 2. The summed E-state index contributed by atoms with van der Waals surface area (Å²) in [6.07, 6.45) is 2.17. The smallest absolute Gasteiger partial charge is 0.324 e. The molecule has 1 aliphatic rings. The Kier molecular flexibility index (Phi) is 4.96. The van der Waals surface area contributed by atoms with E-state index in [4.69, 9.17) is 9.15 Å². The summed E-state index contributed by atoms with van der Waals surface area (Å²) in [4.78, 5) is 24.4. The molecular formula is C17H15N3O6S2. The van der Waals surface area contributed by atoms with Crippen LogP contribution in [0.15, 0.2) is 45.9 Å². The molecule has 1 fully saturated rings. The molecule has 1 aliphatic heterocycles. The number of hydrogen-bond donors (Lipinski definition) is 0. The number of fused-ring (bicyclic) bond motifs is 1. The summed E-state index contributed by atoms with van der Waals surface area (Å²) < 4.78 is 45.6. The van der Waals surface area contributed by atoms with Gasteiger partial charge in [0.05, 0.1) is 18.0 Å². The molecule has 3 heterocycles. The summed E-state index contributed by atoms with van der Waals surface area (Å²) in [5, 5.41) is 0. The predicted molar refractivity (Wildman–Crippen MR) is 98.3 cm³/mol. The van der Waals surface area contributed by atoms with E-state index in [2.05, 4.69) is 8.75 Å². The van der Waals surface area contributed by atoms with Gasteiger partial charge in [0, 0.05) is 6.54 Å². The van der Waals surface area contributed by atoms with Gasteiger partial charge in [0.15, 0.2) is 12.4 Å². The van der Waals surface area contributed by atoms with E-state index >= 15 is 0 Å². The molecule has 0 N–H and O–H groups in total. The van der Waals surface area contributed by atoms with E-state index < -0.39 is 34.4 Å². The number of rotatable bonds is 6. The van der Waals surface area contributed by atoms with Crippen LogP contribution in [0.4, 0.5) is 0 Å². The van der Waals surface area contributed by atoms with E-state index in [0.717, 1.165) is 16.0 Å². The zero-order valence-electron chi connectivity index (χ0n) is 14.5. The molecule has 3 aromatic rings. The highest BCUT2D eigenvalue weighted by atomic mass is 32.2. The second-order valence-electron chi connectivity index (χ2n) is 6.17. The van der Waals surface area contributed by atoms with Gasteiger partial charge in [-0.05, 0) is 37.1 Å². The summed E-state index contributed by atoms with van der Waals surface area (Å²) in [5.74, 6) is -1.18. The van der Waals surface area contributed by atoms with Crippen molar-refractivity contribution in [1.82, 2.24) is 13.1 Å². The summed E-state index contributed by atoms with van der Waals surface area (Å²) >= 11 is 0.922. The van der Waals surface area contributed by atoms with Crippen LogP contribution in [0, 0.1) is 0 Å². The number of benzene rings is 1. The van der Waals surface area contributed by atoms with Crippen molar-refractivity contribution >= 4 is 44.5 Å². The van der Waals surface area contributed by atoms with Crippen LogP contribution >= 0.6 is 11.7 Å². The molecule has 9 nitrogen and oxygen atoms in total. The molecule has 1 atom stereocenters. The Morgan fingerprint density at radius 2 is 2.11 bits per heavy atom. The van der Waals surface area contributed by atoms with Crippen LogP contribution < -0.4 is 0 Å². The summed E-state index contributed by atoms with van der Waals surface area (Å²) in [6, 6.07) is 6.73. The van der Waals surface area contributed by atoms with Gasteiger partial charge in [-0.25, -0.2) is 8.42 Å². The maximum atomic E-state index is 13.2. The maximum Gasteiger partial charge on any atom is 0.324 e. The molecule has 11 heteroatoms. The molecule has 146 valence electrons. The molecule has 0 radical (unpaired) electrons. The Balaban J connectivity index is 1.53. The number of hydrogen-bond acceptors (Lipinski definition) is 9. The fourth-order valence-corrected chi connectivity index (χ4v) is 5.52. The van der Waals surface area contributed by atoms with Crippen molar-refractivity contribution in [3.63, 3.8) is 0 Å². The molecule has 0 spiro atoms. The topological polar surface area (TPSA) is 120 Å². The average Bonchev–Trinajstić information content (AvgIpc) is 3.45. The van der Waals surface area contributed by atoms with Crippen molar-refractivity contribution in [2.75, 3.05) is 13.2 Å². The SMILES string of the molecule is O=C(COC(=O)C1CCCN1S(=O)(=O)c1cccc2nsnc12)c1ccco1. The van der Waals surface area contributed by atoms with Crippen molar-refractivity contribution in [2.45, 2.75) is 23.8 Å². The highest BCUT2D eigenvalue weighted by Crippen LogP contribution is 2.30. The fourth-order valence-electron chi connectivity index (χ4n) is 3.12. The number of Topliss-reactive ketones (excluding diaryl/α,β-unsaturated/α-hetero) is 1. The molecule has 4 rings (SSSR count). The second kappa shape index (κ2) is 7.41. The third-order valence-electron chi connectivity index (χ3n) is 4.45. The summed E-state index contributed by atoms with van der Waals surface area (Å²) in [7, 11) is -3.98. The van der Waals surface area contributed by atoms with Gasteiger partial charge in [-0.15, -0.1) is 0 Å². The zero-order valence-corrected chi connectivity index (χ0v) is 16.1. The van der Waals surface area contributed by atoms with Crippen molar-refractivity contribution in [2.24, 2.45) is 0 Å². The minimum Gasteiger partial charge on any atom is -0.461 e. The molecule has 28 heavy (non-hydrogen) atoms. The van der Waals surface area contributed by atoms with Crippen LogP contribution in [0.1, 0.15) is 23.4 Å². The zero-order chi connectivity index (χ0) is 19.7. The minimum absolute atomic E-state index is 0.00473. The van der Waals surface area contributed by atoms with Gasteiger partial charge in [-0.2, -0.15) is 13.1 Å². The van der Waals surface area contributed by atoms with Gasteiger partial charge < -0.3 is 9.15 Å². The van der Waals surface area contributed by atoms with Crippen molar-refractivity contribution in [3.05, 3.63) is 42.4 Å². The molecule has 2 aromatic heterocycles. The van der Waals surface area contributed by atoms with Gasteiger partial charge in [0.2, 0.25) is 15.8 Å². The molecule has 0 saturated carbocycles. The predicted octanol–water partition coefficient (Wildman–Crippen LogP) is 1.86. The van der Waals surface area contributed by atoms with Gasteiger partial charge >= 0.3 is 5.97 Å². The first kappa shape index (κ1) is 18.7. The van der Waals surface area contributed by atoms with Crippen molar-refractivity contribution in [1.29, 1.82) is 0 Å². The minimum atomic E-state index is -3.98. The number of sulfonamides is 1. The van der Waals surface area contributed by atoms with Crippen LogP contribution in [-0.4, -0.2) is 52.4 Å². The number of aromatic nitrogens is 2. The molecule has 1 saturated heterocycles. The molecule has 1 unspecified atom stereocenters. The average molecular weight is 421 g/mol. The van der Waals surface area contributed by atoms with Crippen LogP contribution in [0.2, 0.25) is 0 Å². The molecule has 1 aromatic carbocycles. The standard InChI is InChI=1S/C17H15N3O6S2/c21-13(14-6-3-9-25-14)10-26-17(22)12-5-2-8-20(12)28(23,24)15-7-1-4-11-16(15)19-27-18-11/h1,3-4,6-7,9,12H,2,5,8,10H2. The first-order valence-corrected chi connectivity index (χ1v) is 10.6. The number of esters is 1. The van der Waals surface area contributed by atoms with Crippen LogP contribution in [0.3, 0.4) is 0 Å². The summed E-state index contributed by atoms with van der Waals surface area (Å²) in [6.45, 7) is -0.329. The molecule has 0 amide bonds. The lowest BCUT2D eigenvalue weighted by atomic mass is 10.2. The van der Waals surface area contributed by atoms with Crippen LogP contribution in [0.25, 0.3) is 11.0 Å². The van der Waals surface area contributed by atoms with E-state index in [9.17, 15) is 18.0 Å². The maximum absolute atomic E-state index is 13.2. The molecular weight excluding hydrogens is 406 g/mol. The summed E-state index contributed by atoms with van der Waals surface area (Å²) in [5.41, 5.74) is 0.757. The van der Waals surface area contributed by atoms with Gasteiger partial charge in [0.1, 0.15) is 22.0 Å². The first-order chi connectivity index (χ1) is 13.5. The Bertz CT molecular complexity index is 1120. The third kappa shape index (κ3) is 3.32. The lowest BCUT2D eigenvalue weighted by molar-refractivity contribution is -0.146. The second-order valence-corrected chi connectivity index (χ2v) is 8.56. The van der Waals surface area contributed by atoms with Crippen molar-refractivity contribution in [3.8, 4) is 0 Å². The van der Waals surface area contributed by atoms with Gasteiger partial charge in [0.25, 0.3) is 0 Å². The quantitative estimate of drug-likeness (QED) is 0.437. The highest BCUT2D eigenvalue weighted by molar-refractivity contribution is 7.89. The van der Waals surface area contributed by atoms with E-state index in [1.807, 2.05) is 0 Å². The highest BCUT2D eigenvalue weighted by Gasteiger charge is 2.41. The largest absolute Gasteiger partial charge is 0.461 e. The normalized spacial score (nSPS) is 17.8. The Morgan fingerprint density at radius 3 is 2.89 bits per heavy atom. The Hall–Kier alpha value is -2.63. The number of carbonyl (C=O) groups is 2. The van der Waals surface area contributed by atoms with Gasteiger partial charge in [-0.1, -0.05) is 6.07 Å². The van der Waals surface area contributed by atoms with E-state index in [-0.39, 0.29) is 22.7 Å². The fraction of sp³-hybridized carbons (Fsp3) is 0.294. The lowest BCUT2D eigenvalue weighted by Crippen LogP contribution is -2.41. The van der Waals surface area contributed by atoms with Crippen LogP contribution in [-0.2, 0) is 19.6 Å². The van der Waals surface area contributed by atoms with E-state index in [1.54, 1.807) is 18.2 Å². The molecule has 0 aliphatic carbocycles. The van der Waals surface area contributed by atoms with Crippen LogP contribution in [0.5, 0.6) is 0 Å². The van der Waals surface area contributed by atoms with E-state index in [1.165, 1.54) is 18.4 Å². The van der Waals surface area contributed by atoms with Crippen molar-refractivity contribution < 1.29 is 27.2 Å². The Labute approximate surface area is 164 Å². The number of nitrogens with zero attached hydrogens (tertiary/aromatic N) is 3. The Morgan fingerprint density at radius 1 is 1.25 bits per heavy atom. The van der Waals surface area contributed by atoms with Gasteiger partial charge in [-0.3, -0.25) is 9.59 Å². The monoisotopic (exact) mass is 421 g/mol. The number of ketones is 1.